The van der Waals surface area contributed by atoms with Crippen LogP contribution in [0.1, 0.15) is 40.5 Å². The lowest BCUT2D eigenvalue weighted by molar-refractivity contribution is -0.146. The maximum atomic E-state index is 13.1. The Labute approximate surface area is 171 Å². The standard InChI is InChI=1S/C18H32N4O5S/c1-9(2)13(20-15(23)11(19)8-28)17(25)22-7-5-6-12(22)16(24)21-14(10(3)4)18(26)27/h9-14,28H,5-8,19H2,1-4H3,(H,20,23)(H,21,24)(H,26,27). The molecule has 3 amide bonds. The van der Waals surface area contributed by atoms with Crippen molar-refractivity contribution in [2.45, 2.75) is 64.7 Å². The zero-order valence-corrected chi connectivity index (χ0v) is 17.7. The van der Waals surface area contributed by atoms with Gasteiger partial charge in [-0.15, -0.1) is 0 Å². The van der Waals surface area contributed by atoms with Gasteiger partial charge in [0, 0.05) is 12.3 Å². The summed E-state index contributed by atoms with van der Waals surface area (Å²) in [5.41, 5.74) is 5.67. The molecular weight excluding hydrogens is 384 g/mol. The predicted molar refractivity (Wildman–Crippen MR) is 108 cm³/mol. The summed E-state index contributed by atoms with van der Waals surface area (Å²) in [6, 6.07) is -3.45. The maximum absolute atomic E-state index is 13.1. The Morgan fingerprint density at radius 2 is 1.68 bits per heavy atom. The van der Waals surface area contributed by atoms with Crippen LogP contribution in [-0.4, -0.2) is 70.2 Å². The second kappa shape index (κ2) is 10.7. The van der Waals surface area contributed by atoms with Crippen LogP contribution in [0.3, 0.4) is 0 Å². The molecule has 1 rings (SSSR count). The molecule has 1 fully saturated rings. The molecule has 10 heteroatoms. The van der Waals surface area contributed by atoms with Crippen LogP contribution >= 0.6 is 12.6 Å². The molecule has 4 unspecified atom stereocenters. The molecule has 160 valence electrons. The number of carboxylic acid groups (broad SMARTS) is 1. The third-order valence-electron chi connectivity index (χ3n) is 4.83. The molecule has 0 aromatic rings. The number of nitrogens with one attached hydrogen (secondary N) is 2. The Hall–Kier alpha value is -1.81. The highest BCUT2D eigenvalue weighted by Crippen LogP contribution is 2.21. The molecule has 4 atom stereocenters. The fourth-order valence-electron chi connectivity index (χ4n) is 3.10. The van der Waals surface area contributed by atoms with Crippen molar-refractivity contribution < 1.29 is 24.3 Å². The number of likely N-dealkylation sites (tertiary alicyclic amines) is 1. The number of carbonyl (C=O) groups excluding carboxylic acids is 3. The molecule has 0 radical (unpaired) electrons. The fourth-order valence-corrected chi connectivity index (χ4v) is 3.27. The summed E-state index contributed by atoms with van der Waals surface area (Å²) in [4.78, 5) is 50.6. The van der Waals surface area contributed by atoms with Crippen LogP contribution in [0.4, 0.5) is 0 Å². The molecule has 28 heavy (non-hydrogen) atoms. The van der Waals surface area contributed by atoms with Gasteiger partial charge in [0.05, 0.1) is 6.04 Å². The first-order valence-electron chi connectivity index (χ1n) is 9.51. The number of thiol groups is 1. The van der Waals surface area contributed by atoms with Crippen LogP contribution in [0.15, 0.2) is 0 Å². The number of carboxylic acids is 1. The molecule has 1 saturated heterocycles. The molecule has 0 saturated carbocycles. The minimum atomic E-state index is -1.12. The van der Waals surface area contributed by atoms with Gasteiger partial charge in [0.25, 0.3) is 0 Å². The lowest BCUT2D eigenvalue weighted by atomic mass is 10.0. The van der Waals surface area contributed by atoms with E-state index in [-0.39, 0.29) is 23.5 Å². The second-order valence-corrected chi connectivity index (χ2v) is 8.14. The van der Waals surface area contributed by atoms with E-state index in [0.717, 1.165) is 0 Å². The first kappa shape index (κ1) is 24.2. The van der Waals surface area contributed by atoms with Crippen LogP contribution < -0.4 is 16.4 Å². The van der Waals surface area contributed by atoms with Crippen molar-refractivity contribution in [1.82, 2.24) is 15.5 Å². The van der Waals surface area contributed by atoms with Crippen molar-refractivity contribution in [2.24, 2.45) is 17.6 Å². The van der Waals surface area contributed by atoms with E-state index < -0.39 is 42.0 Å². The van der Waals surface area contributed by atoms with E-state index in [0.29, 0.717) is 19.4 Å². The number of hydrogen-bond donors (Lipinski definition) is 5. The first-order valence-corrected chi connectivity index (χ1v) is 10.1. The summed E-state index contributed by atoms with van der Waals surface area (Å²) >= 11 is 3.99. The Morgan fingerprint density at radius 3 is 2.14 bits per heavy atom. The monoisotopic (exact) mass is 416 g/mol. The molecule has 0 bridgehead atoms. The number of rotatable bonds is 9. The lowest BCUT2D eigenvalue weighted by Gasteiger charge is -2.31. The third-order valence-corrected chi connectivity index (χ3v) is 5.23. The van der Waals surface area contributed by atoms with Crippen LogP contribution in [-0.2, 0) is 19.2 Å². The van der Waals surface area contributed by atoms with Gasteiger partial charge >= 0.3 is 5.97 Å². The largest absolute Gasteiger partial charge is 0.480 e. The third kappa shape index (κ3) is 6.10. The number of aliphatic carboxylic acids is 1. The van der Waals surface area contributed by atoms with E-state index in [2.05, 4.69) is 23.3 Å². The predicted octanol–water partition coefficient (Wildman–Crippen LogP) is -0.399. The van der Waals surface area contributed by atoms with Crippen molar-refractivity contribution in [3.05, 3.63) is 0 Å². The lowest BCUT2D eigenvalue weighted by Crippen LogP contribution is -2.58. The van der Waals surface area contributed by atoms with Gasteiger partial charge < -0.3 is 26.4 Å². The zero-order valence-electron chi connectivity index (χ0n) is 16.8. The van der Waals surface area contributed by atoms with E-state index in [4.69, 9.17) is 5.73 Å². The minimum Gasteiger partial charge on any atom is -0.480 e. The van der Waals surface area contributed by atoms with Gasteiger partial charge in [-0.3, -0.25) is 14.4 Å². The Morgan fingerprint density at radius 1 is 1.11 bits per heavy atom. The number of carbonyl (C=O) groups is 4. The minimum absolute atomic E-state index is 0.144. The number of nitrogens with zero attached hydrogens (tertiary/aromatic N) is 1. The quantitative estimate of drug-likeness (QED) is 0.324. The van der Waals surface area contributed by atoms with Crippen LogP contribution in [0.2, 0.25) is 0 Å². The van der Waals surface area contributed by atoms with Gasteiger partial charge in [-0.05, 0) is 24.7 Å². The SMILES string of the molecule is CC(C)C(NC(=O)C1CCCN1C(=O)C(NC(=O)C(N)CS)C(C)C)C(=O)O. The zero-order chi connectivity index (χ0) is 21.6. The van der Waals surface area contributed by atoms with Crippen molar-refractivity contribution in [3.8, 4) is 0 Å². The highest BCUT2D eigenvalue weighted by molar-refractivity contribution is 7.80. The molecule has 9 nitrogen and oxygen atoms in total. The van der Waals surface area contributed by atoms with Gasteiger partial charge in [0.2, 0.25) is 17.7 Å². The Kier molecular flexibility index (Phi) is 9.22. The van der Waals surface area contributed by atoms with Gasteiger partial charge in [-0.1, -0.05) is 27.7 Å². The summed E-state index contributed by atoms with van der Waals surface area (Å²) in [6.07, 6.45) is 1.06. The first-order chi connectivity index (χ1) is 13.0. The van der Waals surface area contributed by atoms with Crippen molar-refractivity contribution >= 4 is 36.3 Å². The molecule has 1 aliphatic heterocycles. The maximum Gasteiger partial charge on any atom is 0.326 e. The summed E-state index contributed by atoms with van der Waals surface area (Å²) in [5.74, 6) is -2.82. The van der Waals surface area contributed by atoms with Gasteiger partial charge in [0.1, 0.15) is 18.1 Å². The summed E-state index contributed by atoms with van der Waals surface area (Å²) in [7, 11) is 0. The molecule has 1 heterocycles. The van der Waals surface area contributed by atoms with Crippen molar-refractivity contribution in [1.29, 1.82) is 0 Å². The Bertz CT molecular complexity index is 599. The molecule has 5 N–H and O–H groups in total. The van der Waals surface area contributed by atoms with Crippen molar-refractivity contribution in [2.75, 3.05) is 12.3 Å². The fraction of sp³-hybridized carbons (Fsp3) is 0.778. The summed E-state index contributed by atoms with van der Waals surface area (Å²) < 4.78 is 0. The molecular formula is C18H32N4O5S. The molecule has 0 aromatic carbocycles. The van der Waals surface area contributed by atoms with Crippen LogP contribution in [0.5, 0.6) is 0 Å². The highest BCUT2D eigenvalue weighted by atomic mass is 32.1. The van der Waals surface area contributed by atoms with Gasteiger partial charge in [0.15, 0.2) is 0 Å². The van der Waals surface area contributed by atoms with Gasteiger partial charge in [-0.2, -0.15) is 12.6 Å². The molecule has 0 aliphatic carbocycles. The van der Waals surface area contributed by atoms with E-state index in [1.807, 2.05) is 0 Å². The van der Waals surface area contributed by atoms with Gasteiger partial charge in [-0.25, -0.2) is 4.79 Å². The van der Waals surface area contributed by atoms with Crippen LogP contribution in [0, 0.1) is 11.8 Å². The highest BCUT2D eigenvalue weighted by Gasteiger charge is 2.40. The van der Waals surface area contributed by atoms with E-state index in [9.17, 15) is 24.3 Å². The average molecular weight is 417 g/mol. The topological polar surface area (TPSA) is 142 Å². The molecule has 0 aromatic heterocycles. The van der Waals surface area contributed by atoms with Crippen LogP contribution in [0.25, 0.3) is 0 Å². The number of hydrogen-bond acceptors (Lipinski definition) is 6. The summed E-state index contributed by atoms with van der Waals surface area (Å²) in [5, 5.41) is 14.5. The van der Waals surface area contributed by atoms with E-state index in [1.165, 1.54) is 4.90 Å². The van der Waals surface area contributed by atoms with E-state index >= 15 is 0 Å². The normalized spacial score (nSPS) is 20.0. The van der Waals surface area contributed by atoms with E-state index in [1.54, 1.807) is 27.7 Å². The summed E-state index contributed by atoms with van der Waals surface area (Å²) in [6.45, 7) is 7.35. The molecule has 1 aliphatic rings. The molecule has 0 spiro atoms. The van der Waals surface area contributed by atoms with Crippen molar-refractivity contribution in [3.63, 3.8) is 0 Å². The Balaban J connectivity index is 2.93. The smallest absolute Gasteiger partial charge is 0.326 e. The number of nitrogens with two attached hydrogens (primary N) is 1. The average Bonchev–Trinajstić information content (AvgIpc) is 3.11. The number of amides is 3. The second-order valence-electron chi connectivity index (χ2n) is 7.78.